The first-order valence-electron chi connectivity index (χ1n) is 9.09. The van der Waals surface area contributed by atoms with Gasteiger partial charge in [-0.05, 0) is 17.2 Å². The lowest BCUT2D eigenvalue weighted by atomic mass is 9.75. The van der Waals surface area contributed by atoms with Crippen LogP contribution in [0.3, 0.4) is 0 Å². The molecule has 2 aromatic carbocycles. The van der Waals surface area contributed by atoms with Gasteiger partial charge in [0.2, 0.25) is 0 Å². The highest BCUT2D eigenvalue weighted by molar-refractivity contribution is 5.74. The smallest absolute Gasteiger partial charge is 0.309 e. The molecule has 5 nitrogen and oxygen atoms in total. The molecule has 27 heavy (non-hydrogen) atoms. The van der Waals surface area contributed by atoms with Crippen molar-refractivity contribution in [1.82, 2.24) is 0 Å². The molecule has 0 aromatic heterocycles. The molecule has 0 saturated heterocycles. The molecular formula is C22H24O5. The van der Waals surface area contributed by atoms with Crippen molar-refractivity contribution in [3.8, 4) is 5.75 Å². The van der Waals surface area contributed by atoms with Crippen molar-refractivity contribution in [2.75, 3.05) is 13.7 Å². The highest BCUT2D eigenvalue weighted by Gasteiger charge is 2.39. The SMILES string of the molecule is COC(=O)C(C)C1c2ccccc2OCC1CC(=O)OCc1ccccc1. The number of para-hydroxylation sites is 1. The summed E-state index contributed by atoms with van der Waals surface area (Å²) in [6, 6.07) is 17.2. The van der Waals surface area contributed by atoms with Crippen LogP contribution in [0.1, 0.15) is 30.4 Å². The van der Waals surface area contributed by atoms with Crippen molar-refractivity contribution >= 4 is 11.9 Å². The van der Waals surface area contributed by atoms with Gasteiger partial charge in [-0.25, -0.2) is 0 Å². The van der Waals surface area contributed by atoms with Gasteiger partial charge in [-0.3, -0.25) is 9.59 Å². The zero-order valence-electron chi connectivity index (χ0n) is 15.6. The average Bonchev–Trinajstić information content (AvgIpc) is 2.71. The molecule has 0 bridgehead atoms. The van der Waals surface area contributed by atoms with Crippen LogP contribution in [0.4, 0.5) is 0 Å². The van der Waals surface area contributed by atoms with Crippen LogP contribution in [0.2, 0.25) is 0 Å². The predicted molar refractivity (Wildman–Crippen MR) is 100 cm³/mol. The summed E-state index contributed by atoms with van der Waals surface area (Å²) in [4.78, 5) is 24.6. The third kappa shape index (κ3) is 4.48. The summed E-state index contributed by atoms with van der Waals surface area (Å²) >= 11 is 0. The standard InChI is InChI=1S/C22H24O5/c1-15(22(24)25-2)21-17(14-26-19-11-7-6-10-18(19)21)12-20(23)27-13-16-8-4-3-5-9-16/h3-11,15,17,21H,12-14H2,1-2H3. The maximum Gasteiger partial charge on any atom is 0.309 e. The van der Waals surface area contributed by atoms with Crippen LogP contribution in [0.25, 0.3) is 0 Å². The number of carbonyl (C=O) groups excluding carboxylic acids is 2. The summed E-state index contributed by atoms with van der Waals surface area (Å²) in [5.74, 6) is -0.531. The Labute approximate surface area is 159 Å². The van der Waals surface area contributed by atoms with E-state index in [1.165, 1.54) is 7.11 Å². The second-order valence-electron chi connectivity index (χ2n) is 6.80. The van der Waals surface area contributed by atoms with Crippen molar-refractivity contribution < 1.29 is 23.8 Å². The molecule has 1 heterocycles. The maximum atomic E-state index is 12.4. The summed E-state index contributed by atoms with van der Waals surface area (Å²) < 4.78 is 16.2. The van der Waals surface area contributed by atoms with E-state index in [0.717, 1.165) is 16.9 Å². The Morgan fingerprint density at radius 3 is 2.56 bits per heavy atom. The summed E-state index contributed by atoms with van der Waals surface area (Å²) in [5.41, 5.74) is 1.87. The van der Waals surface area contributed by atoms with Crippen molar-refractivity contribution in [3.63, 3.8) is 0 Å². The quantitative estimate of drug-likeness (QED) is 0.727. The van der Waals surface area contributed by atoms with Crippen molar-refractivity contribution in [3.05, 3.63) is 65.7 Å². The fourth-order valence-electron chi connectivity index (χ4n) is 3.65. The number of hydrogen-bond donors (Lipinski definition) is 0. The zero-order valence-corrected chi connectivity index (χ0v) is 15.6. The topological polar surface area (TPSA) is 61.8 Å². The fraction of sp³-hybridized carbons (Fsp3) is 0.364. The normalized spacial score (nSPS) is 19.3. The van der Waals surface area contributed by atoms with E-state index in [9.17, 15) is 9.59 Å². The minimum Gasteiger partial charge on any atom is -0.493 e. The van der Waals surface area contributed by atoms with Crippen LogP contribution < -0.4 is 4.74 Å². The van der Waals surface area contributed by atoms with Crippen LogP contribution in [-0.4, -0.2) is 25.7 Å². The molecule has 3 unspecified atom stereocenters. The minimum atomic E-state index is -0.382. The number of methoxy groups -OCH3 is 1. The van der Waals surface area contributed by atoms with E-state index < -0.39 is 0 Å². The van der Waals surface area contributed by atoms with Gasteiger partial charge < -0.3 is 14.2 Å². The number of hydrogen-bond acceptors (Lipinski definition) is 5. The lowest BCUT2D eigenvalue weighted by Gasteiger charge is -2.35. The molecule has 2 aromatic rings. The Balaban J connectivity index is 1.72. The lowest BCUT2D eigenvalue weighted by Crippen LogP contribution is -2.35. The number of rotatable bonds is 6. The zero-order chi connectivity index (χ0) is 19.2. The average molecular weight is 368 g/mol. The Morgan fingerprint density at radius 1 is 1.11 bits per heavy atom. The number of fused-ring (bicyclic) bond motifs is 1. The highest BCUT2D eigenvalue weighted by atomic mass is 16.5. The summed E-state index contributed by atoms with van der Waals surface area (Å²) in [6.07, 6.45) is 0.188. The largest absolute Gasteiger partial charge is 0.493 e. The van der Waals surface area contributed by atoms with Crippen LogP contribution in [-0.2, 0) is 25.7 Å². The van der Waals surface area contributed by atoms with Crippen molar-refractivity contribution in [1.29, 1.82) is 0 Å². The second kappa shape index (κ2) is 8.71. The Morgan fingerprint density at radius 2 is 1.81 bits per heavy atom. The third-order valence-corrected chi connectivity index (χ3v) is 5.02. The first kappa shape index (κ1) is 19.0. The van der Waals surface area contributed by atoms with Crippen molar-refractivity contribution in [2.45, 2.75) is 25.9 Å². The molecule has 0 N–H and O–H groups in total. The number of ether oxygens (including phenoxy) is 3. The first-order chi connectivity index (χ1) is 13.1. The molecule has 0 amide bonds. The van der Waals surface area contributed by atoms with Crippen LogP contribution in [0.15, 0.2) is 54.6 Å². The van der Waals surface area contributed by atoms with Gasteiger partial charge in [0.25, 0.3) is 0 Å². The summed E-state index contributed by atoms with van der Waals surface area (Å²) in [6.45, 7) is 2.44. The van der Waals surface area contributed by atoms with Gasteiger partial charge in [-0.2, -0.15) is 0 Å². The van der Waals surface area contributed by atoms with E-state index in [1.807, 2.05) is 61.5 Å². The molecular weight excluding hydrogens is 344 g/mol. The van der Waals surface area contributed by atoms with Crippen LogP contribution in [0.5, 0.6) is 5.75 Å². The van der Waals surface area contributed by atoms with E-state index >= 15 is 0 Å². The van der Waals surface area contributed by atoms with Gasteiger partial charge in [0.1, 0.15) is 12.4 Å². The van der Waals surface area contributed by atoms with Crippen LogP contribution in [0, 0.1) is 11.8 Å². The molecule has 3 atom stereocenters. The summed E-state index contributed by atoms with van der Waals surface area (Å²) in [5, 5.41) is 0. The Bertz CT molecular complexity index is 786. The predicted octanol–water partition coefficient (Wildman–Crippen LogP) is 3.72. The molecule has 5 heteroatoms. The van der Waals surface area contributed by atoms with Gasteiger partial charge in [0.15, 0.2) is 0 Å². The molecule has 0 radical (unpaired) electrons. The molecule has 0 saturated carbocycles. The van der Waals surface area contributed by atoms with Gasteiger partial charge in [-0.1, -0.05) is 55.5 Å². The maximum absolute atomic E-state index is 12.4. The van der Waals surface area contributed by atoms with E-state index in [4.69, 9.17) is 14.2 Å². The molecule has 1 aliphatic rings. The molecule has 0 spiro atoms. The summed E-state index contributed by atoms with van der Waals surface area (Å²) in [7, 11) is 1.38. The number of carbonyl (C=O) groups is 2. The number of benzene rings is 2. The van der Waals surface area contributed by atoms with E-state index in [2.05, 4.69) is 0 Å². The molecule has 1 aliphatic heterocycles. The first-order valence-corrected chi connectivity index (χ1v) is 9.09. The Hall–Kier alpha value is -2.82. The van der Waals surface area contributed by atoms with Gasteiger partial charge in [-0.15, -0.1) is 0 Å². The van der Waals surface area contributed by atoms with Crippen molar-refractivity contribution in [2.24, 2.45) is 11.8 Å². The highest BCUT2D eigenvalue weighted by Crippen LogP contribution is 2.43. The second-order valence-corrected chi connectivity index (χ2v) is 6.80. The third-order valence-electron chi connectivity index (χ3n) is 5.02. The molecule has 0 aliphatic carbocycles. The van der Waals surface area contributed by atoms with Crippen LogP contribution >= 0.6 is 0 Å². The Kier molecular flexibility index (Phi) is 6.12. The fourth-order valence-corrected chi connectivity index (χ4v) is 3.65. The van der Waals surface area contributed by atoms with E-state index in [1.54, 1.807) is 0 Å². The molecule has 142 valence electrons. The number of esters is 2. The van der Waals surface area contributed by atoms with E-state index in [-0.39, 0.29) is 42.7 Å². The lowest BCUT2D eigenvalue weighted by molar-refractivity contribution is -0.150. The minimum absolute atomic E-state index is 0.155. The molecule has 0 fully saturated rings. The monoisotopic (exact) mass is 368 g/mol. The van der Waals surface area contributed by atoms with Gasteiger partial charge in [0, 0.05) is 11.8 Å². The van der Waals surface area contributed by atoms with E-state index in [0.29, 0.717) is 6.61 Å². The van der Waals surface area contributed by atoms with Gasteiger partial charge >= 0.3 is 11.9 Å². The molecule has 3 rings (SSSR count). The van der Waals surface area contributed by atoms with Gasteiger partial charge in [0.05, 0.1) is 26.1 Å².